The molecular weight excluding hydrogens is 360 g/mol. The van der Waals surface area contributed by atoms with Crippen LogP contribution in [0.3, 0.4) is 0 Å². The maximum absolute atomic E-state index is 10.8. The number of hydrogen-bond donors (Lipinski definition) is 1. The number of aliphatic hydroxyl groups is 1. The number of rotatable bonds is 5. The lowest BCUT2D eigenvalue weighted by Crippen LogP contribution is -2.36. The van der Waals surface area contributed by atoms with Gasteiger partial charge in [0.05, 0.1) is 18.3 Å². The molecule has 2 aliphatic carbocycles. The fraction of sp³-hybridized carbons (Fsp3) is 0.850. The second-order valence-corrected chi connectivity index (χ2v) is 9.59. The molecule has 0 aromatic rings. The molecule has 0 aromatic heterocycles. The lowest BCUT2D eigenvalue weighted by molar-refractivity contribution is -0.156. The summed E-state index contributed by atoms with van der Waals surface area (Å²) in [5, 5.41) is 9.78. The SMILES string of the molecule is C#[Si]CCC1CCC(OC(C)=O)C(O)C1.C#[Si]CCC1CCC2OC2C1. The van der Waals surface area contributed by atoms with Crippen LogP contribution in [0.1, 0.15) is 58.3 Å². The molecule has 1 aliphatic heterocycles. The van der Waals surface area contributed by atoms with Crippen molar-refractivity contribution in [1.29, 1.82) is 0 Å². The lowest BCUT2D eigenvalue weighted by atomic mass is 9.84. The fourth-order valence-electron chi connectivity index (χ4n) is 4.14. The number of esters is 1. The minimum Gasteiger partial charge on any atom is -0.460 e. The molecule has 0 spiro atoms. The Kier molecular flexibility index (Phi) is 9.40. The highest BCUT2D eigenvalue weighted by molar-refractivity contribution is 6.21. The van der Waals surface area contributed by atoms with Gasteiger partial charge in [-0.15, -0.1) is 0 Å². The van der Waals surface area contributed by atoms with Crippen LogP contribution in [0.25, 0.3) is 0 Å². The average Bonchev–Trinajstić information content (AvgIpc) is 3.39. The van der Waals surface area contributed by atoms with Crippen LogP contribution in [-0.4, -0.2) is 53.4 Å². The molecule has 0 amide bonds. The van der Waals surface area contributed by atoms with Gasteiger partial charge in [0.2, 0.25) is 0 Å². The third-order valence-corrected chi connectivity index (χ3v) is 6.84. The van der Waals surface area contributed by atoms with Crippen molar-refractivity contribution >= 4 is 23.9 Å². The van der Waals surface area contributed by atoms with Crippen LogP contribution in [0.4, 0.5) is 0 Å². The van der Waals surface area contributed by atoms with Crippen LogP contribution < -0.4 is 0 Å². The summed E-state index contributed by atoms with van der Waals surface area (Å²) in [6.07, 6.45) is 9.49. The third kappa shape index (κ3) is 7.55. The molecule has 3 aliphatic rings. The van der Waals surface area contributed by atoms with Gasteiger partial charge in [0.25, 0.3) is 0 Å². The maximum atomic E-state index is 10.8. The van der Waals surface area contributed by atoms with Gasteiger partial charge >= 0.3 is 5.97 Å². The Morgan fingerprint density at radius 3 is 2.19 bits per heavy atom. The summed E-state index contributed by atoms with van der Waals surface area (Å²) < 4.78 is 10.5. The van der Waals surface area contributed by atoms with E-state index in [1.165, 1.54) is 38.7 Å². The fourth-order valence-corrected chi connectivity index (χ4v) is 5.29. The van der Waals surface area contributed by atoms with Crippen molar-refractivity contribution in [3.8, 4) is 12.0 Å². The Morgan fingerprint density at radius 1 is 1.04 bits per heavy atom. The lowest BCUT2D eigenvalue weighted by Gasteiger charge is -2.32. The maximum Gasteiger partial charge on any atom is 0.302 e. The van der Waals surface area contributed by atoms with Gasteiger partial charge in [-0.25, -0.2) is 0 Å². The highest BCUT2D eigenvalue weighted by Gasteiger charge is 2.43. The number of aliphatic hydroxyl groups excluding tert-OH is 1. The van der Waals surface area contributed by atoms with E-state index in [1.807, 2.05) is 0 Å². The van der Waals surface area contributed by atoms with Gasteiger partial charge in [0, 0.05) is 6.92 Å². The van der Waals surface area contributed by atoms with Gasteiger partial charge in [-0.2, -0.15) is 12.0 Å². The molecule has 3 rings (SSSR count). The molecule has 144 valence electrons. The molecule has 2 saturated carbocycles. The zero-order valence-corrected chi connectivity index (χ0v) is 17.9. The Bertz CT molecular complexity index is 539. The Hall–Kier alpha value is -0.616. The minimum absolute atomic E-state index is 0.293. The summed E-state index contributed by atoms with van der Waals surface area (Å²) in [6.45, 7) is 1.38. The molecule has 0 aromatic carbocycles. The zero-order valence-electron chi connectivity index (χ0n) is 15.9. The molecule has 0 bridgehead atoms. The second kappa shape index (κ2) is 11.3. The molecule has 4 nitrogen and oxygen atoms in total. The first-order chi connectivity index (χ1) is 12.5. The number of hydrogen-bond acceptors (Lipinski definition) is 4. The molecule has 6 atom stereocenters. The van der Waals surface area contributed by atoms with E-state index in [1.54, 1.807) is 0 Å². The minimum atomic E-state index is -0.492. The summed E-state index contributed by atoms with van der Waals surface area (Å²) in [5.41, 5.74) is 0. The predicted molar refractivity (Wildman–Crippen MR) is 105 cm³/mol. The Balaban J connectivity index is 0.000000195. The van der Waals surface area contributed by atoms with Gasteiger partial charge < -0.3 is 14.6 Å². The van der Waals surface area contributed by atoms with Crippen molar-refractivity contribution in [2.75, 3.05) is 0 Å². The highest BCUT2D eigenvalue weighted by atomic mass is 28.2. The van der Waals surface area contributed by atoms with Crippen LogP contribution in [0.5, 0.6) is 0 Å². The molecule has 1 N–H and O–H groups in total. The molecule has 6 unspecified atom stereocenters. The van der Waals surface area contributed by atoms with E-state index in [0.29, 0.717) is 36.0 Å². The van der Waals surface area contributed by atoms with E-state index in [9.17, 15) is 9.90 Å². The first-order valence-corrected chi connectivity index (χ1v) is 12.5. The Labute approximate surface area is 162 Å². The first-order valence-electron chi connectivity index (χ1n) is 9.91. The van der Waals surface area contributed by atoms with Crippen LogP contribution in [0.2, 0.25) is 12.1 Å². The predicted octanol–water partition coefficient (Wildman–Crippen LogP) is 2.84. The topological polar surface area (TPSA) is 59.1 Å². The summed E-state index contributed by atoms with van der Waals surface area (Å²) >= 11 is 0. The van der Waals surface area contributed by atoms with Crippen molar-refractivity contribution in [3.05, 3.63) is 0 Å². The standard InChI is InChI=1S/C11H18O3Si.C9H14OSi/c1-8(12)14-11-4-3-9(5-6-15-2)7-10(11)13;1-11-5-4-7-2-3-8-9(6-7)10-8/h2,9-11,13H,3-7H2,1H3;1,7-9H,2-6H2. The highest BCUT2D eigenvalue weighted by Crippen LogP contribution is 2.40. The van der Waals surface area contributed by atoms with Gasteiger partial charge in [-0.3, -0.25) is 4.79 Å². The van der Waals surface area contributed by atoms with Crippen molar-refractivity contribution in [2.45, 2.75) is 94.8 Å². The monoisotopic (exact) mass is 392 g/mol. The molecule has 3 fully saturated rings. The molecule has 1 heterocycles. The van der Waals surface area contributed by atoms with E-state index in [2.05, 4.69) is 0 Å². The van der Waals surface area contributed by atoms with Gasteiger partial charge in [-0.05, 0) is 93.2 Å². The molecule has 26 heavy (non-hydrogen) atoms. The number of carbonyl (C=O) groups excluding carboxylic acids is 1. The van der Waals surface area contributed by atoms with Gasteiger partial charge in [-0.1, -0.05) is 0 Å². The first kappa shape index (κ1) is 21.7. The van der Waals surface area contributed by atoms with Crippen LogP contribution >= 0.6 is 0 Å². The van der Waals surface area contributed by atoms with Crippen molar-refractivity contribution < 1.29 is 19.4 Å². The number of carbonyl (C=O) groups is 1. The molecular formula is C20H32O4Si2. The zero-order chi connectivity index (χ0) is 18.9. The Morgan fingerprint density at radius 2 is 1.65 bits per heavy atom. The summed E-state index contributed by atoms with van der Waals surface area (Å²) in [4.78, 5) is 10.8. The van der Waals surface area contributed by atoms with Crippen molar-refractivity contribution in [3.63, 3.8) is 0 Å². The molecule has 1 saturated heterocycles. The number of fused-ring (bicyclic) bond motifs is 1. The quantitative estimate of drug-likeness (QED) is 0.444. The number of epoxide rings is 1. The molecule has 0 radical (unpaired) electrons. The summed E-state index contributed by atoms with van der Waals surface area (Å²) in [6, 6.07) is 13.2. The summed E-state index contributed by atoms with van der Waals surface area (Å²) in [7, 11) is 1.14. The van der Waals surface area contributed by atoms with Crippen molar-refractivity contribution in [2.24, 2.45) is 11.8 Å². The van der Waals surface area contributed by atoms with Gasteiger partial charge in [0.15, 0.2) is 0 Å². The van der Waals surface area contributed by atoms with E-state index in [4.69, 9.17) is 21.5 Å². The van der Waals surface area contributed by atoms with Crippen LogP contribution in [0.15, 0.2) is 0 Å². The molecule has 6 heteroatoms. The smallest absolute Gasteiger partial charge is 0.302 e. The van der Waals surface area contributed by atoms with E-state index < -0.39 is 6.10 Å². The normalized spacial score (nSPS) is 34.9. The van der Waals surface area contributed by atoms with Crippen LogP contribution in [0, 0.1) is 23.8 Å². The van der Waals surface area contributed by atoms with E-state index >= 15 is 0 Å². The van der Waals surface area contributed by atoms with E-state index in [0.717, 1.165) is 37.6 Å². The number of ether oxygens (including phenoxy) is 2. The summed E-state index contributed by atoms with van der Waals surface area (Å²) in [5.74, 6) is 1.17. The van der Waals surface area contributed by atoms with Gasteiger partial charge in [0.1, 0.15) is 6.10 Å². The van der Waals surface area contributed by atoms with E-state index in [-0.39, 0.29) is 12.1 Å². The average molecular weight is 393 g/mol. The van der Waals surface area contributed by atoms with Crippen molar-refractivity contribution in [1.82, 2.24) is 0 Å². The largest absolute Gasteiger partial charge is 0.460 e. The third-order valence-electron chi connectivity index (χ3n) is 5.69. The second-order valence-electron chi connectivity index (χ2n) is 7.77. The van der Waals surface area contributed by atoms with Crippen LogP contribution in [-0.2, 0) is 14.3 Å².